The van der Waals surface area contributed by atoms with Gasteiger partial charge in [0, 0.05) is 13.1 Å². The summed E-state index contributed by atoms with van der Waals surface area (Å²) in [5, 5.41) is 11.4. The van der Waals surface area contributed by atoms with E-state index in [9.17, 15) is 0 Å². The highest BCUT2D eigenvalue weighted by atomic mass is 16.5. The minimum Gasteiger partial charge on any atom is -0.487 e. The number of nitrogens with zero attached hydrogens (tertiary/aromatic N) is 3. The van der Waals surface area contributed by atoms with Gasteiger partial charge in [-0.05, 0) is 37.1 Å². The molecule has 1 aromatic carbocycles. The minimum absolute atomic E-state index is 0.416. The fourth-order valence-electron chi connectivity index (χ4n) is 2.23. The van der Waals surface area contributed by atoms with Gasteiger partial charge in [0.2, 0.25) is 0 Å². The summed E-state index contributed by atoms with van der Waals surface area (Å²) < 4.78 is 7.39. The van der Waals surface area contributed by atoms with Crippen molar-refractivity contribution in [2.24, 2.45) is 7.05 Å². The van der Waals surface area contributed by atoms with E-state index in [1.807, 2.05) is 25.4 Å². The second-order valence-electron chi connectivity index (χ2n) is 5.16. The number of ether oxygens (including phenoxy) is 1. The van der Waals surface area contributed by atoms with Crippen molar-refractivity contribution < 1.29 is 4.74 Å². The van der Waals surface area contributed by atoms with Gasteiger partial charge >= 0.3 is 0 Å². The molecule has 21 heavy (non-hydrogen) atoms. The summed E-state index contributed by atoms with van der Waals surface area (Å²) in [5.74, 6) is 0.856. The van der Waals surface area contributed by atoms with Crippen molar-refractivity contribution in [3.8, 4) is 5.75 Å². The SMILES string of the molecule is CCCNC(CC)c1ccc(OCc2cn(C)nn2)cc1. The van der Waals surface area contributed by atoms with Crippen LogP contribution in [0.25, 0.3) is 0 Å². The van der Waals surface area contributed by atoms with Gasteiger partial charge in [0.05, 0.1) is 6.20 Å². The van der Waals surface area contributed by atoms with Crippen LogP contribution in [0.2, 0.25) is 0 Å². The molecule has 0 fully saturated rings. The molecule has 1 heterocycles. The first-order chi connectivity index (χ1) is 10.2. The molecule has 1 atom stereocenters. The highest BCUT2D eigenvalue weighted by molar-refractivity contribution is 5.29. The lowest BCUT2D eigenvalue weighted by Gasteiger charge is -2.17. The molecule has 0 saturated heterocycles. The number of aromatic nitrogens is 3. The Balaban J connectivity index is 1.91. The normalized spacial score (nSPS) is 12.3. The van der Waals surface area contributed by atoms with Crippen molar-refractivity contribution in [1.82, 2.24) is 20.3 Å². The highest BCUT2D eigenvalue weighted by Crippen LogP contribution is 2.20. The lowest BCUT2D eigenvalue weighted by atomic mass is 10.0. The van der Waals surface area contributed by atoms with Crippen LogP contribution in [-0.4, -0.2) is 21.5 Å². The summed E-state index contributed by atoms with van der Waals surface area (Å²) in [5.41, 5.74) is 2.13. The van der Waals surface area contributed by atoms with Crippen molar-refractivity contribution >= 4 is 0 Å². The molecule has 0 spiro atoms. The summed E-state index contributed by atoms with van der Waals surface area (Å²) in [7, 11) is 1.85. The second-order valence-corrected chi connectivity index (χ2v) is 5.16. The molecule has 0 saturated carbocycles. The van der Waals surface area contributed by atoms with E-state index < -0.39 is 0 Å². The Labute approximate surface area is 126 Å². The summed E-state index contributed by atoms with van der Waals surface area (Å²) in [6, 6.07) is 8.70. The molecular formula is C16H24N4O. The molecule has 5 heteroatoms. The molecule has 114 valence electrons. The van der Waals surface area contributed by atoms with Crippen LogP contribution in [0.1, 0.15) is 44.0 Å². The van der Waals surface area contributed by atoms with Crippen LogP contribution in [0.15, 0.2) is 30.5 Å². The minimum atomic E-state index is 0.416. The second kappa shape index (κ2) is 7.78. The molecule has 0 amide bonds. The summed E-state index contributed by atoms with van der Waals surface area (Å²) in [6.07, 6.45) is 4.09. The van der Waals surface area contributed by atoms with Crippen molar-refractivity contribution in [1.29, 1.82) is 0 Å². The predicted octanol–water partition coefficient (Wildman–Crippen LogP) is 2.84. The monoisotopic (exact) mass is 288 g/mol. The Morgan fingerprint density at radius 1 is 1.24 bits per heavy atom. The van der Waals surface area contributed by atoms with Crippen molar-refractivity contribution in [2.75, 3.05) is 6.54 Å². The summed E-state index contributed by atoms with van der Waals surface area (Å²) >= 11 is 0. The number of hydrogen-bond donors (Lipinski definition) is 1. The summed E-state index contributed by atoms with van der Waals surface area (Å²) in [4.78, 5) is 0. The maximum absolute atomic E-state index is 5.72. The Hall–Kier alpha value is -1.88. The first-order valence-electron chi connectivity index (χ1n) is 7.54. The van der Waals surface area contributed by atoms with Crippen molar-refractivity contribution in [3.05, 3.63) is 41.7 Å². The van der Waals surface area contributed by atoms with Crippen LogP contribution in [0, 0.1) is 0 Å². The van der Waals surface area contributed by atoms with Gasteiger partial charge in [-0.1, -0.05) is 31.2 Å². The van der Waals surface area contributed by atoms with E-state index in [2.05, 4.69) is 41.6 Å². The van der Waals surface area contributed by atoms with Gasteiger partial charge in [-0.15, -0.1) is 5.10 Å². The average molecular weight is 288 g/mol. The van der Waals surface area contributed by atoms with Crippen LogP contribution in [0.3, 0.4) is 0 Å². The van der Waals surface area contributed by atoms with Crippen molar-refractivity contribution in [3.63, 3.8) is 0 Å². The zero-order valence-corrected chi connectivity index (χ0v) is 13.0. The van der Waals surface area contributed by atoms with Crippen LogP contribution in [0.4, 0.5) is 0 Å². The lowest BCUT2D eigenvalue weighted by Crippen LogP contribution is -2.21. The maximum Gasteiger partial charge on any atom is 0.134 e. The zero-order valence-electron chi connectivity index (χ0n) is 13.0. The number of aryl methyl sites for hydroxylation is 1. The third-order valence-electron chi connectivity index (χ3n) is 3.37. The molecule has 0 radical (unpaired) electrons. The van der Waals surface area contributed by atoms with Crippen LogP contribution in [0.5, 0.6) is 5.75 Å². The molecule has 1 unspecified atom stereocenters. The Morgan fingerprint density at radius 2 is 2.00 bits per heavy atom. The predicted molar refractivity (Wildman–Crippen MR) is 83.1 cm³/mol. The van der Waals surface area contributed by atoms with E-state index in [1.54, 1.807) is 4.68 Å². The van der Waals surface area contributed by atoms with Gasteiger partial charge in [-0.2, -0.15) is 0 Å². The Kier molecular flexibility index (Phi) is 5.75. The maximum atomic E-state index is 5.72. The van der Waals surface area contributed by atoms with E-state index >= 15 is 0 Å². The van der Waals surface area contributed by atoms with Gasteiger partial charge in [-0.3, -0.25) is 4.68 Å². The first-order valence-corrected chi connectivity index (χ1v) is 7.54. The van der Waals surface area contributed by atoms with Crippen LogP contribution >= 0.6 is 0 Å². The largest absolute Gasteiger partial charge is 0.487 e. The standard InChI is InChI=1S/C16H24N4O/c1-4-10-17-16(5-2)13-6-8-15(9-7-13)21-12-14-11-20(3)19-18-14/h6-9,11,16-17H,4-5,10,12H2,1-3H3. The smallest absolute Gasteiger partial charge is 0.134 e. The Bertz CT molecular complexity index is 535. The average Bonchev–Trinajstić information content (AvgIpc) is 2.93. The topological polar surface area (TPSA) is 52.0 Å². The quantitative estimate of drug-likeness (QED) is 0.811. The summed E-state index contributed by atoms with van der Waals surface area (Å²) in [6.45, 7) is 5.87. The molecule has 0 bridgehead atoms. The molecule has 5 nitrogen and oxygen atoms in total. The molecule has 0 aliphatic carbocycles. The van der Waals surface area contributed by atoms with Gasteiger partial charge in [0.25, 0.3) is 0 Å². The molecular weight excluding hydrogens is 264 g/mol. The molecule has 2 rings (SSSR count). The van der Waals surface area contributed by atoms with Gasteiger partial charge < -0.3 is 10.1 Å². The zero-order chi connectivity index (χ0) is 15.1. The highest BCUT2D eigenvalue weighted by Gasteiger charge is 2.08. The number of nitrogens with one attached hydrogen (secondary N) is 1. The fraction of sp³-hybridized carbons (Fsp3) is 0.500. The van der Waals surface area contributed by atoms with E-state index in [0.717, 1.165) is 30.8 Å². The first kappa shape index (κ1) is 15.5. The fourth-order valence-corrected chi connectivity index (χ4v) is 2.23. The number of benzene rings is 1. The molecule has 2 aromatic rings. The van der Waals surface area contributed by atoms with E-state index in [1.165, 1.54) is 5.56 Å². The molecule has 0 aliphatic heterocycles. The van der Waals surface area contributed by atoms with E-state index in [4.69, 9.17) is 4.74 Å². The van der Waals surface area contributed by atoms with Crippen LogP contribution < -0.4 is 10.1 Å². The third kappa shape index (κ3) is 4.56. The number of hydrogen-bond acceptors (Lipinski definition) is 4. The van der Waals surface area contributed by atoms with Crippen molar-refractivity contribution in [2.45, 2.75) is 39.3 Å². The van der Waals surface area contributed by atoms with Crippen LogP contribution in [-0.2, 0) is 13.7 Å². The van der Waals surface area contributed by atoms with Gasteiger partial charge in [-0.25, -0.2) is 0 Å². The number of rotatable bonds is 8. The van der Waals surface area contributed by atoms with E-state index in [0.29, 0.717) is 12.6 Å². The molecule has 1 N–H and O–H groups in total. The van der Waals surface area contributed by atoms with E-state index in [-0.39, 0.29) is 0 Å². The molecule has 0 aliphatic rings. The Morgan fingerprint density at radius 3 is 2.57 bits per heavy atom. The lowest BCUT2D eigenvalue weighted by molar-refractivity contribution is 0.301. The molecule has 1 aromatic heterocycles. The third-order valence-corrected chi connectivity index (χ3v) is 3.37. The van der Waals surface area contributed by atoms with Gasteiger partial charge in [0.1, 0.15) is 18.1 Å². The van der Waals surface area contributed by atoms with Gasteiger partial charge in [0.15, 0.2) is 0 Å².